The fraction of sp³-hybridized carbons (Fsp3) is 0.556. The van der Waals surface area contributed by atoms with Crippen LogP contribution in [-0.4, -0.2) is 97.2 Å². The maximum absolute atomic E-state index is 12.6. The fourth-order valence-electron chi connectivity index (χ4n) is 4.92. The van der Waals surface area contributed by atoms with Gasteiger partial charge in [-0.05, 0) is 51.0 Å². The third kappa shape index (κ3) is 6.40. The van der Waals surface area contributed by atoms with Crippen molar-refractivity contribution in [2.45, 2.75) is 62.7 Å². The number of hydrogen-bond donors (Lipinski definition) is 0. The predicted octanol–water partition coefficient (Wildman–Crippen LogP) is 3.17. The van der Waals surface area contributed by atoms with Gasteiger partial charge in [0.1, 0.15) is 30.0 Å². The van der Waals surface area contributed by atoms with E-state index in [1.807, 2.05) is 31.7 Å². The molecule has 1 aromatic heterocycles. The van der Waals surface area contributed by atoms with E-state index >= 15 is 0 Å². The number of nitrogens with zero attached hydrogens (tertiary/aromatic N) is 5. The van der Waals surface area contributed by atoms with Crippen LogP contribution >= 0.6 is 0 Å². The standard InChI is InChI=1S/C27H35N5O7S/c1-27(2,3)39-26(34)31-15-20(16-31)38-25(33)30-10-8-19(9-11-30)37-24-14-23(28-17-29-24)32-12-7-18-13-21(40(4,35)36)5-6-22(18)32/h5-6,13-14,17,19-20H,7-12,15-16H2,1-4H3. The van der Waals surface area contributed by atoms with Crippen LogP contribution < -0.4 is 9.64 Å². The Morgan fingerprint density at radius 2 is 1.68 bits per heavy atom. The van der Waals surface area contributed by atoms with Crippen molar-refractivity contribution in [2.24, 2.45) is 0 Å². The van der Waals surface area contributed by atoms with Crippen LogP contribution in [-0.2, 0) is 25.7 Å². The van der Waals surface area contributed by atoms with Crippen molar-refractivity contribution in [1.29, 1.82) is 0 Å². The van der Waals surface area contributed by atoms with Crippen LogP contribution in [0, 0.1) is 0 Å². The van der Waals surface area contributed by atoms with Gasteiger partial charge in [-0.1, -0.05) is 0 Å². The predicted molar refractivity (Wildman–Crippen MR) is 146 cm³/mol. The molecule has 3 aliphatic rings. The highest BCUT2D eigenvalue weighted by Crippen LogP contribution is 2.35. The van der Waals surface area contributed by atoms with E-state index in [1.54, 1.807) is 23.1 Å². The number of carbonyl (C=O) groups excluding carboxylic acids is 2. The molecule has 2 fully saturated rings. The van der Waals surface area contributed by atoms with Gasteiger partial charge < -0.3 is 28.9 Å². The van der Waals surface area contributed by atoms with Crippen molar-refractivity contribution in [3.8, 4) is 5.88 Å². The molecule has 0 saturated carbocycles. The molecule has 0 radical (unpaired) electrons. The number of carbonyl (C=O) groups is 2. The number of fused-ring (bicyclic) bond motifs is 1. The minimum Gasteiger partial charge on any atom is -0.474 e. The van der Waals surface area contributed by atoms with Crippen LogP contribution in [0.15, 0.2) is 35.5 Å². The summed E-state index contributed by atoms with van der Waals surface area (Å²) in [6.45, 7) is 7.75. The Labute approximate surface area is 234 Å². The summed E-state index contributed by atoms with van der Waals surface area (Å²) in [6, 6.07) is 6.94. The molecular formula is C27H35N5O7S. The van der Waals surface area contributed by atoms with Crippen molar-refractivity contribution >= 4 is 33.5 Å². The number of ether oxygens (including phenoxy) is 3. The number of amides is 2. The number of piperidine rings is 1. The first-order chi connectivity index (χ1) is 18.9. The van der Waals surface area contributed by atoms with Crippen molar-refractivity contribution in [2.75, 3.05) is 43.9 Å². The molecule has 1 aromatic carbocycles. The number of rotatable bonds is 5. The molecule has 0 aliphatic carbocycles. The summed E-state index contributed by atoms with van der Waals surface area (Å²) in [5, 5.41) is 0. The monoisotopic (exact) mass is 573 g/mol. The molecule has 0 N–H and O–H groups in total. The molecule has 5 rings (SSSR count). The van der Waals surface area contributed by atoms with E-state index in [9.17, 15) is 18.0 Å². The van der Waals surface area contributed by atoms with Gasteiger partial charge in [-0.15, -0.1) is 0 Å². The van der Waals surface area contributed by atoms with Gasteiger partial charge in [0.2, 0.25) is 5.88 Å². The Kier molecular flexibility index (Phi) is 7.51. The summed E-state index contributed by atoms with van der Waals surface area (Å²) in [4.78, 5) is 38.9. The van der Waals surface area contributed by atoms with Crippen LogP contribution in [0.3, 0.4) is 0 Å². The Balaban J connectivity index is 1.10. The summed E-state index contributed by atoms with van der Waals surface area (Å²) in [6.07, 6.45) is 3.41. The number of benzene rings is 1. The Bertz CT molecular complexity index is 1380. The zero-order chi connectivity index (χ0) is 28.7. The molecule has 13 heteroatoms. The molecule has 2 amide bonds. The van der Waals surface area contributed by atoms with Gasteiger partial charge in [-0.25, -0.2) is 28.0 Å². The van der Waals surface area contributed by atoms with Gasteiger partial charge >= 0.3 is 12.2 Å². The quantitative estimate of drug-likeness (QED) is 0.525. The smallest absolute Gasteiger partial charge is 0.410 e. The van der Waals surface area contributed by atoms with Crippen LogP contribution in [0.5, 0.6) is 5.88 Å². The van der Waals surface area contributed by atoms with E-state index in [1.165, 1.54) is 17.5 Å². The minimum absolute atomic E-state index is 0.110. The highest BCUT2D eigenvalue weighted by atomic mass is 32.2. The first-order valence-corrected chi connectivity index (χ1v) is 15.3. The highest BCUT2D eigenvalue weighted by Gasteiger charge is 2.37. The van der Waals surface area contributed by atoms with Gasteiger partial charge in [0.05, 0.1) is 18.0 Å². The van der Waals surface area contributed by atoms with E-state index < -0.39 is 21.5 Å². The molecule has 2 aromatic rings. The second-order valence-corrected chi connectivity index (χ2v) is 13.4. The maximum Gasteiger partial charge on any atom is 0.410 e. The number of aromatic nitrogens is 2. The van der Waals surface area contributed by atoms with E-state index in [-0.39, 0.29) is 18.3 Å². The number of sulfone groups is 1. The summed E-state index contributed by atoms with van der Waals surface area (Å²) >= 11 is 0. The van der Waals surface area contributed by atoms with Crippen molar-refractivity contribution in [3.63, 3.8) is 0 Å². The average molecular weight is 574 g/mol. The van der Waals surface area contributed by atoms with E-state index in [4.69, 9.17) is 14.2 Å². The number of likely N-dealkylation sites (tertiary alicyclic amines) is 2. The molecule has 0 spiro atoms. The normalized spacial score (nSPS) is 18.2. The zero-order valence-corrected chi connectivity index (χ0v) is 24.0. The van der Waals surface area contributed by atoms with Crippen molar-refractivity contribution in [1.82, 2.24) is 19.8 Å². The molecule has 0 atom stereocenters. The molecule has 0 unspecified atom stereocenters. The first-order valence-electron chi connectivity index (χ1n) is 13.4. The minimum atomic E-state index is -3.27. The van der Waals surface area contributed by atoms with Gasteiger partial charge in [-0.3, -0.25) is 0 Å². The van der Waals surface area contributed by atoms with Crippen molar-refractivity contribution < 1.29 is 32.2 Å². The van der Waals surface area contributed by atoms with Crippen molar-refractivity contribution in [3.05, 3.63) is 36.2 Å². The number of anilines is 2. The van der Waals surface area contributed by atoms with Crippen LogP contribution in [0.25, 0.3) is 0 Å². The lowest BCUT2D eigenvalue weighted by molar-refractivity contribution is -0.0461. The SMILES string of the molecule is CC(C)(C)OC(=O)N1CC(OC(=O)N2CCC(Oc3cc(N4CCc5cc(S(C)(=O)=O)ccc54)ncn3)CC2)C1. The molecule has 40 heavy (non-hydrogen) atoms. The second kappa shape index (κ2) is 10.8. The summed E-state index contributed by atoms with van der Waals surface area (Å²) in [7, 11) is -3.27. The molecular weight excluding hydrogens is 538 g/mol. The second-order valence-electron chi connectivity index (χ2n) is 11.4. The lowest BCUT2D eigenvalue weighted by atomic mass is 10.1. The largest absolute Gasteiger partial charge is 0.474 e. The first kappa shape index (κ1) is 27.9. The fourth-order valence-corrected chi connectivity index (χ4v) is 5.59. The lowest BCUT2D eigenvalue weighted by Crippen LogP contribution is -2.57. The molecule has 0 bridgehead atoms. The third-order valence-electron chi connectivity index (χ3n) is 7.03. The Morgan fingerprint density at radius 3 is 2.35 bits per heavy atom. The molecule has 3 aliphatic heterocycles. The van der Waals surface area contributed by atoms with Crippen LogP contribution in [0.4, 0.5) is 21.1 Å². The summed E-state index contributed by atoms with van der Waals surface area (Å²) in [5.41, 5.74) is 1.32. The van der Waals surface area contributed by atoms with Crippen LogP contribution in [0.1, 0.15) is 39.2 Å². The van der Waals surface area contributed by atoms with E-state index in [2.05, 4.69) is 9.97 Å². The third-order valence-corrected chi connectivity index (χ3v) is 8.14. The highest BCUT2D eigenvalue weighted by molar-refractivity contribution is 7.90. The zero-order valence-electron chi connectivity index (χ0n) is 23.2. The van der Waals surface area contributed by atoms with Gasteiger partial charge in [0.15, 0.2) is 9.84 Å². The van der Waals surface area contributed by atoms with Gasteiger partial charge in [0.25, 0.3) is 0 Å². The topological polar surface area (TPSA) is 131 Å². The van der Waals surface area contributed by atoms with Gasteiger partial charge in [-0.2, -0.15) is 0 Å². The van der Waals surface area contributed by atoms with Gasteiger partial charge in [0, 0.05) is 50.5 Å². The van der Waals surface area contributed by atoms with Crippen LogP contribution in [0.2, 0.25) is 0 Å². The molecule has 12 nitrogen and oxygen atoms in total. The lowest BCUT2D eigenvalue weighted by Gasteiger charge is -2.40. The van der Waals surface area contributed by atoms with E-state index in [0.29, 0.717) is 68.6 Å². The summed E-state index contributed by atoms with van der Waals surface area (Å²) in [5.74, 6) is 1.13. The number of hydrogen-bond acceptors (Lipinski definition) is 10. The molecule has 2 saturated heterocycles. The van der Waals surface area contributed by atoms with E-state index in [0.717, 1.165) is 11.3 Å². The molecule has 216 valence electrons. The Morgan fingerprint density at radius 1 is 0.950 bits per heavy atom. The average Bonchev–Trinajstić information content (AvgIpc) is 3.28. The Hall–Kier alpha value is -3.61. The summed E-state index contributed by atoms with van der Waals surface area (Å²) < 4.78 is 40.8. The maximum atomic E-state index is 12.6. The molecule has 4 heterocycles.